The Labute approximate surface area is 151 Å². The minimum absolute atomic E-state index is 0.126. The Hall–Kier alpha value is -3.22. The molecule has 0 spiro atoms. The van der Waals surface area contributed by atoms with Crippen molar-refractivity contribution >= 4 is 5.91 Å². The average molecular weight is 351 g/mol. The number of carbonyl (C=O) groups is 1. The van der Waals surface area contributed by atoms with Crippen molar-refractivity contribution in [2.45, 2.75) is 26.8 Å². The van der Waals surface area contributed by atoms with Crippen molar-refractivity contribution in [2.75, 3.05) is 6.54 Å². The molecular formula is C19H21N5O2. The van der Waals surface area contributed by atoms with Crippen molar-refractivity contribution in [1.29, 1.82) is 0 Å². The molecule has 0 atom stereocenters. The number of aromatic nitrogens is 4. The molecule has 7 heteroatoms. The van der Waals surface area contributed by atoms with Crippen molar-refractivity contribution in [2.24, 2.45) is 0 Å². The van der Waals surface area contributed by atoms with E-state index in [-0.39, 0.29) is 11.5 Å². The highest BCUT2D eigenvalue weighted by molar-refractivity contribution is 5.94. The van der Waals surface area contributed by atoms with E-state index in [9.17, 15) is 9.59 Å². The Morgan fingerprint density at radius 3 is 2.69 bits per heavy atom. The predicted molar refractivity (Wildman–Crippen MR) is 98.9 cm³/mol. The minimum atomic E-state index is -0.135. The number of aryl methyl sites for hydroxylation is 3. The quantitative estimate of drug-likeness (QED) is 0.665. The van der Waals surface area contributed by atoms with E-state index in [2.05, 4.69) is 20.6 Å². The number of nitrogens with zero attached hydrogens (tertiary/aromatic N) is 3. The second-order valence-corrected chi connectivity index (χ2v) is 6.17. The average Bonchev–Trinajstić information content (AvgIpc) is 3.15. The lowest BCUT2D eigenvalue weighted by atomic mass is 10.0. The third-order valence-electron chi connectivity index (χ3n) is 4.28. The van der Waals surface area contributed by atoms with Gasteiger partial charge in [-0.1, -0.05) is 17.3 Å². The summed E-state index contributed by atoms with van der Waals surface area (Å²) in [4.78, 5) is 27.2. The fourth-order valence-corrected chi connectivity index (χ4v) is 2.64. The van der Waals surface area contributed by atoms with Crippen molar-refractivity contribution in [3.05, 3.63) is 69.9 Å². The smallest absolute Gasteiger partial charge is 0.256 e. The lowest BCUT2D eigenvalue weighted by molar-refractivity contribution is 0.0952. The molecule has 3 aromatic rings. The van der Waals surface area contributed by atoms with Gasteiger partial charge in [-0.2, -0.15) is 0 Å². The summed E-state index contributed by atoms with van der Waals surface area (Å²) in [6.45, 7) is 5.08. The van der Waals surface area contributed by atoms with Gasteiger partial charge in [0.1, 0.15) is 0 Å². The maximum Gasteiger partial charge on any atom is 0.256 e. The maximum atomic E-state index is 12.2. The normalized spacial score (nSPS) is 10.7. The van der Waals surface area contributed by atoms with Gasteiger partial charge >= 0.3 is 0 Å². The maximum absolute atomic E-state index is 12.2. The van der Waals surface area contributed by atoms with E-state index in [0.717, 1.165) is 23.2 Å². The summed E-state index contributed by atoms with van der Waals surface area (Å²) in [7, 11) is 0. The van der Waals surface area contributed by atoms with Gasteiger partial charge in [-0.3, -0.25) is 14.3 Å². The third-order valence-corrected chi connectivity index (χ3v) is 4.28. The molecule has 3 rings (SSSR count). The summed E-state index contributed by atoms with van der Waals surface area (Å²) in [5, 5.41) is 10.5. The van der Waals surface area contributed by atoms with Crippen LogP contribution in [0.4, 0.5) is 0 Å². The topological polar surface area (TPSA) is 92.7 Å². The van der Waals surface area contributed by atoms with Crippen molar-refractivity contribution in [1.82, 2.24) is 25.3 Å². The molecule has 0 aliphatic carbocycles. The standard InChI is InChI=1S/C19H21N5O2/c1-13-12-17(19(26)22-14(13)2)15-4-6-16(7-5-15)18(25)20-8-3-10-24-11-9-21-23-24/h4-7,9,11-12H,3,8,10H2,1-2H3,(H,20,25)(H,22,26). The van der Waals surface area contributed by atoms with Crippen LogP contribution in [0, 0.1) is 13.8 Å². The Bertz CT molecular complexity index is 943. The number of hydrogen-bond acceptors (Lipinski definition) is 4. The highest BCUT2D eigenvalue weighted by Crippen LogP contribution is 2.18. The Kier molecular flexibility index (Phi) is 5.26. The molecule has 2 heterocycles. The Morgan fingerprint density at radius 2 is 2.00 bits per heavy atom. The highest BCUT2D eigenvalue weighted by atomic mass is 16.1. The van der Waals surface area contributed by atoms with E-state index in [1.807, 2.05) is 19.9 Å². The molecule has 2 N–H and O–H groups in total. The zero-order valence-electron chi connectivity index (χ0n) is 14.8. The van der Waals surface area contributed by atoms with Crippen LogP contribution < -0.4 is 10.9 Å². The third kappa shape index (κ3) is 4.05. The fourth-order valence-electron chi connectivity index (χ4n) is 2.64. The molecule has 0 aliphatic rings. The molecule has 0 radical (unpaired) electrons. The van der Waals surface area contributed by atoms with Crippen LogP contribution in [0.25, 0.3) is 11.1 Å². The fraction of sp³-hybridized carbons (Fsp3) is 0.263. The van der Waals surface area contributed by atoms with Crippen LogP contribution in [0.5, 0.6) is 0 Å². The predicted octanol–water partition coefficient (Wildman–Crippen LogP) is 2.07. The van der Waals surface area contributed by atoms with Crippen LogP contribution in [0.3, 0.4) is 0 Å². The first-order chi connectivity index (χ1) is 12.5. The van der Waals surface area contributed by atoms with Crippen LogP contribution >= 0.6 is 0 Å². The van der Waals surface area contributed by atoms with Crippen LogP contribution in [0.15, 0.2) is 47.5 Å². The lowest BCUT2D eigenvalue weighted by Gasteiger charge is -2.08. The second-order valence-electron chi connectivity index (χ2n) is 6.17. The first-order valence-electron chi connectivity index (χ1n) is 8.48. The summed E-state index contributed by atoms with van der Waals surface area (Å²) in [6.07, 6.45) is 4.18. The van der Waals surface area contributed by atoms with Gasteiger partial charge in [0.05, 0.1) is 6.20 Å². The van der Waals surface area contributed by atoms with Crippen LogP contribution in [0.2, 0.25) is 0 Å². The van der Waals surface area contributed by atoms with Gasteiger partial charge in [-0.05, 0) is 49.6 Å². The molecule has 0 aliphatic heterocycles. The van der Waals surface area contributed by atoms with Crippen LogP contribution in [0.1, 0.15) is 28.0 Å². The molecular weight excluding hydrogens is 330 g/mol. The van der Waals surface area contributed by atoms with Crippen LogP contribution in [-0.2, 0) is 6.54 Å². The zero-order chi connectivity index (χ0) is 18.5. The van der Waals surface area contributed by atoms with Crippen molar-refractivity contribution in [3.63, 3.8) is 0 Å². The summed E-state index contributed by atoms with van der Waals surface area (Å²) in [5.41, 5.74) is 3.72. The largest absolute Gasteiger partial charge is 0.352 e. The van der Waals surface area contributed by atoms with Gasteiger partial charge in [-0.25, -0.2) is 0 Å². The molecule has 134 valence electrons. The van der Waals surface area contributed by atoms with Crippen LogP contribution in [-0.4, -0.2) is 32.4 Å². The summed E-state index contributed by atoms with van der Waals surface area (Å²) >= 11 is 0. The van der Waals surface area contributed by atoms with E-state index in [1.54, 1.807) is 41.3 Å². The number of aromatic amines is 1. The molecule has 1 aromatic carbocycles. The van der Waals surface area contributed by atoms with Gasteiger partial charge in [0.25, 0.3) is 11.5 Å². The van der Waals surface area contributed by atoms with Crippen molar-refractivity contribution in [3.8, 4) is 11.1 Å². The first kappa shape index (κ1) is 17.6. The number of H-pyrrole nitrogens is 1. The SMILES string of the molecule is Cc1cc(-c2ccc(C(=O)NCCCn3ccnn3)cc2)c(=O)[nH]c1C. The molecule has 7 nitrogen and oxygen atoms in total. The number of nitrogens with one attached hydrogen (secondary N) is 2. The second kappa shape index (κ2) is 7.77. The molecule has 0 unspecified atom stereocenters. The molecule has 0 fully saturated rings. The first-order valence-corrected chi connectivity index (χ1v) is 8.48. The van der Waals surface area contributed by atoms with Gasteiger partial charge in [0, 0.05) is 36.1 Å². The van der Waals surface area contributed by atoms with E-state index in [4.69, 9.17) is 0 Å². The van der Waals surface area contributed by atoms with E-state index < -0.39 is 0 Å². The Balaban J connectivity index is 1.61. The monoisotopic (exact) mass is 351 g/mol. The zero-order valence-corrected chi connectivity index (χ0v) is 14.8. The Morgan fingerprint density at radius 1 is 1.23 bits per heavy atom. The summed E-state index contributed by atoms with van der Waals surface area (Å²) < 4.78 is 1.72. The highest BCUT2D eigenvalue weighted by Gasteiger charge is 2.08. The van der Waals surface area contributed by atoms with E-state index in [0.29, 0.717) is 24.2 Å². The number of amides is 1. The summed E-state index contributed by atoms with van der Waals surface area (Å²) in [5.74, 6) is -0.135. The van der Waals surface area contributed by atoms with Gasteiger partial charge in [0.2, 0.25) is 0 Å². The lowest BCUT2D eigenvalue weighted by Crippen LogP contribution is -2.25. The van der Waals surface area contributed by atoms with Gasteiger partial charge in [0.15, 0.2) is 0 Å². The van der Waals surface area contributed by atoms with Gasteiger partial charge < -0.3 is 10.3 Å². The summed E-state index contributed by atoms with van der Waals surface area (Å²) in [6, 6.07) is 8.92. The number of rotatable bonds is 6. The number of benzene rings is 1. The minimum Gasteiger partial charge on any atom is -0.352 e. The number of hydrogen-bond donors (Lipinski definition) is 2. The number of pyridine rings is 1. The molecule has 26 heavy (non-hydrogen) atoms. The van der Waals surface area contributed by atoms with E-state index >= 15 is 0 Å². The molecule has 0 saturated carbocycles. The van der Waals surface area contributed by atoms with E-state index in [1.165, 1.54) is 0 Å². The van der Waals surface area contributed by atoms with Crippen molar-refractivity contribution < 1.29 is 4.79 Å². The molecule has 0 bridgehead atoms. The molecule has 2 aromatic heterocycles. The number of carbonyl (C=O) groups excluding carboxylic acids is 1. The molecule has 1 amide bonds. The van der Waals surface area contributed by atoms with Gasteiger partial charge in [-0.15, -0.1) is 5.10 Å². The molecule has 0 saturated heterocycles.